The standard InChI is InChI=1S/C15H17NO3/c1-9(15(18)19)3-4-11-5-6-13-12(8-11)7-10(2)14(17)16-13/h5-9H,3-4H2,1-2H3,(H,16,17)(H,18,19). The molecule has 2 N–H and O–H groups in total. The molecule has 0 bridgehead atoms. The molecule has 1 aromatic heterocycles. The van der Waals surface area contributed by atoms with E-state index in [-0.39, 0.29) is 11.5 Å². The number of fused-ring (bicyclic) bond motifs is 1. The number of carbonyl (C=O) groups is 1. The van der Waals surface area contributed by atoms with Gasteiger partial charge in [-0.25, -0.2) is 0 Å². The van der Waals surface area contributed by atoms with Gasteiger partial charge in [0.15, 0.2) is 0 Å². The SMILES string of the molecule is Cc1cc2cc(CCC(C)C(=O)O)ccc2[nH]c1=O. The lowest BCUT2D eigenvalue weighted by Gasteiger charge is -2.07. The molecule has 0 aliphatic rings. The normalized spacial score (nSPS) is 12.5. The zero-order valence-electron chi connectivity index (χ0n) is 11.1. The van der Waals surface area contributed by atoms with Crippen LogP contribution in [0, 0.1) is 12.8 Å². The molecular formula is C15H17NO3. The van der Waals surface area contributed by atoms with E-state index >= 15 is 0 Å². The van der Waals surface area contributed by atoms with E-state index in [0.29, 0.717) is 12.0 Å². The predicted molar refractivity (Wildman–Crippen MR) is 74.4 cm³/mol. The van der Waals surface area contributed by atoms with Gasteiger partial charge in [-0.3, -0.25) is 9.59 Å². The van der Waals surface area contributed by atoms with Gasteiger partial charge in [-0.05, 0) is 48.9 Å². The van der Waals surface area contributed by atoms with Gasteiger partial charge in [0.25, 0.3) is 5.56 Å². The molecule has 2 aromatic rings. The minimum Gasteiger partial charge on any atom is -0.481 e. The molecule has 0 radical (unpaired) electrons. The molecule has 1 atom stereocenters. The highest BCUT2D eigenvalue weighted by molar-refractivity contribution is 5.79. The maximum Gasteiger partial charge on any atom is 0.306 e. The minimum absolute atomic E-state index is 0.0697. The molecule has 1 unspecified atom stereocenters. The first kappa shape index (κ1) is 13.3. The van der Waals surface area contributed by atoms with Gasteiger partial charge < -0.3 is 10.1 Å². The fourth-order valence-electron chi connectivity index (χ4n) is 2.03. The molecule has 100 valence electrons. The Morgan fingerprint density at radius 2 is 2.11 bits per heavy atom. The van der Waals surface area contributed by atoms with Crippen LogP contribution in [0.2, 0.25) is 0 Å². The molecule has 0 aliphatic carbocycles. The second kappa shape index (κ2) is 5.26. The summed E-state index contributed by atoms with van der Waals surface area (Å²) in [6.45, 7) is 3.49. The van der Waals surface area contributed by atoms with Gasteiger partial charge >= 0.3 is 5.97 Å². The maximum atomic E-state index is 11.5. The lowest BCUT2D eigenvalue weighted by molar-refractivity contribution is -0.141. The lowest BCUT2D eigenvalue weighted by Crippen LogP contribution is -2.10. The van der Waals surface area contributed by atoms with E-state index in [1.165, 1.54) is 0 Å². The number of aliphatic carboxylic acids is 1. The smallest absolute Gasteiger partial charge is 0.306 e. The molecule has 19 heavy (non-hydrogen) atoms. The van der Waals surface area contributed by atoms with Crippen molar-refractivity contribution in [3.63, 3.8) is 0 Å². The molecule has 0 fully saturated rings. The summed E-state index contributed by atoms with van der Waals surface area (Å²) in [5.41, 5.74) is 2.51. The highest BCUT2D eigenvalue weighted by Crippen LogP contribution is 2.16. The van der Waals surface area contributed by atoms with Crippen molar-refractivity contribution in [3.8, 4) is 0 Å². The largest absolute Gasteiger partial charge is 0.481 e. The Labute approximate surface area is 111 Å². The lowest BCUT2D eigenvalue weighted by atomic mass is 10.00. The average molecular weight is 259 g/mol. The Balaban J connectivity index is 2.24. The van der Waals surface area contributed by atoms with Crippen LogP contribution >= 0.6 is 0 Å². The first-order valence-corrected chi connectivity index (χ1v) is 6.33. The Hall–Kier alpha value is -2.10. The molecule has 4 nitrogen and oxygen atoms in total. The molecule has 1 heterocycles. The second-order valence-corrected chi connectivity index (χ2v) is 4.98. The summed E-state index contributed by atoms with van der Waals surface area (Å²) < 4.78 is 0. The van der Waals surface area contributed by atoms with Gasteiger partial charge in [-0.2, -0.15) is 0 Å². The first-order valence-electron chi connectivity index (χ1n) is 6.33. The highest BCUT2D eigenvalue weighted by atomic mass is 16.4. The van der Waals surface area contributed by atoms with Crippen LogP contribution in [-0.4, -0.2) is 16.1 Å². The van der Waals surface area contributed by atoms with Crippen LogP contribution in [0.1, 0.15) is 24.5 Å². The number of H-pyrrole nitrogens is 1. The summed E-state index contributed by atoms with van der Waals surface area (Å²) >= 11 is 0. The van der Waals surface area contributed by atoms with E-state index < -0.39 is 5.97 Å². The van der Waals surface area contributed by atoms with E-state index in [2.05, 4.69) is 4.98 Å². The maximum absolute atomic E-state index is 11.5. The fraction of sp³-hybridized carbons (Fsp3) is 0.333. The quantitative estimate of drug-likeness (QED) is 0.886. The third-order valence-electron chi connectivity index (χ3n) is 3.38. The Morgan fingerprint density at radius 3 is 2.79 bits per heavy atom. The topological polar surface area (TPSA) is 70.2 Å². The summed E-state index contributed by atoms with van der Waals surface area (Å²) in [5.74, 6) is -1.10. The summed E-state index contributed by atoms with van der Waals surface area (Å²) in [5, 5.41) is 9.84. The number of aromatic nitrogens is 1. The van der Waals surface area contributed by atoms with Crippen molar-refractivity contribution < 1.29 is 9.90 Å². The van der Waals surface area contributed by atoms with Crippen molar-refractivity contribution in [1.29, 1.82) is 0 Å². The number of nitrogens with one attached hydrogen (secondary N) is 1. The van der Waals surface area contributed by atoms with Crippen molar-refractivity contribution in [3.05, 3.63) is 45.7 Å². The van der Waals surface area contributed by atoms with Gasteiger partial charge in [-0.15, -0.1) is 0 Å². The van der Waals surface area contributed by atoms with E-state index in [1.807, 2.05) is 24.3 Å². The number of carboxylic acid groups (broad SMARTS) is 1. The summed E-state index contributed by atoms with van der Waals surface area (Å²) in [4.78, 5) is 25.1. The Morgan fingerprint density at radius 1 is 1.37 bits per heavy atom. The molecule has 0 amide bonds. The van der Waals surface area contributed by atoms with Crippen LogP contribution in [0.25, 0.3) is 10.9 Å². The van der Waals surface area contributed by atoms with E-state index in [1.54, 1.807) is 13.8 Å². The third-order valence-corrected chi connectivity index (χ3v) is 3.38. The molecule has 0 saturated carbocycles. The van der Waals surface area contributed by atoms with Crippen molar-refractivity contribution in [1.82, 2.24) is 4.98 Å². The highest BCUT2D eigenvalue weighted by Gasteiger charge is 2.10. The first-order chi connectivity index (χ1) is 8.97. The molecule has 0 saturated heterocycles. The fourth-order valence-corrected chi connectivity index (χ4v) is 2.03. The van der Waals surface area contributed by atoms with E-state index in [9.17, 15) is 9.59 Å². The van der Waals surface area contributed by atoms with Gasteiger partial charge in [0, 0.05) is 11.1 Å². The monoisotopic (exact) mass is 259 g/mol. The van der Waals surface area contributed by atoms with Crippen molar-refractivity contribution in [2.24, 2.45) is 5.92 Å². The number of hydrogen-bond acceptors (Lipinski definition) is 2. The Kier molecular flexibility index (Phi) is 3.69. The van der Waals surface area contributed by atoms with Crippen LogP contribution < -0.4 is 5.56 Å². The average Bonchev–Trinajstić information content (AvgIpc) is 2.37. The third kappa shape index (κ3) is 3.02. The summed E-state index contributed by atoms with van der Waals surface area (Å²) in [6, 6.07) is 7.67. The van der Waals surface area contributed by atoms with Crippen molar-refractivity contribution >= 4 is 16.9 Å². The predicted octanol–water partition coefficient (Wildman–Crippen LogP) is 2.49. The van der Waals surface area contributed by atoms with Crippen LogP contribution in [0.4, 0.5) is 0 Å². The van der Waals surface area contributed by atoms with Gasteiger partial charge in [0.2, 0.25) is 0 Å². The van der Waals surface area contributed by atoms with Gasteiger partial charge in [-0.1, -0.05) is 13.0 Å². The van der Waals surface area contributed by atoms with Crippen LogP contribution in [-0.2, 0) is 11.2 Å². The molecule has 0 spiro atoms. The molecule has 4 heteroatoms. The number of pyridine rings is 1. The van der Waals surface area contributed by atoms with Crippen molar-refractivity contribution in [2.75, 3.05) is 0 Å². The van der Waals surface area contributed by atoms with Gasteiger partial charge in [0.05, 0.1) is 5.92 Å². The number of aryl methyl sites for hydroxylation is 2. The molecular weight excluding hydrogens is 242 g/mol. The number of rotatable bonds is 4. The van der Waals surface area contributed by atoms with Crippen LogP contribution in [0.5, 0.6) is 0 Å². The Bertz CT molecular complexity index is 673. The summed E-state index contributed by atoms with van der Waals surface area (Å²) in [6.07, 6.45) is 1.34. The number of carboxylic acids is 1. The van der Waals surface area contributed by atoms with Gasteiger partial charge in [0.1, 0.15) is 0 Å². The van der Waals surface area contributed by atoms with E-state index in [4.69, 9.17) is 5.11 Å². The minimum atomic E-state index is -0.763. The summed E-state index contributed by atoms with van der Waals surface area (Å²) in [7, 11) is 0. The van der Waals surface area contributed by atoms with Crippen molar-refractivity contribution in [2.45, 2.75) is 26.7 Å². The second-order valence-electron chi connectivity index (χ2n) is 4.98. The number of benzene rings is 1. The molecule has 1 aromatic carbocycles. The zero-order chi connectivity index (χ0) is 14.0. The van der Waals surface area contributed by atoms with Crippen LogP contribution in [0.3, 0.4) is 0 Å². The molecule has 2 rings (SSSR count). The van der Waals surface area contributed by atoms with E-state index in [0.717, 1.165) is 22.9 Å². The number of hydrogen-bond donors (Lipinski definition) is 2. The number of aromatic amines is 1. The zero-order valence-corrected chi connectivity index (χ0v) is 11.1. The van der Waals surface area contributed by atoms with Crippen LogP contribution in [0.15, 0.2) is 29.1 Å². The molecule has 0 aliphatic heterocycles.